The number of nitrogens with two attached hydrogens (primary N) is 2. The SMILES string of the molecule is CN(C)C(=O)c1cccc(Oc2nc(Oc3cc(C(=N)N)ccc3O)c(F)c(Oc3cccc(/C=C/C(N)=O)c3)c2F)c1. The van der Waals surface area contributed by atoms with Crippen LogP contribution in [-0.2, 0) is 4.79 Å². The lowest BCUT2D eigenvalue weighted by atomic mass is 10.2. The molecule has 0 unspecified atom stereocenters. The Kier molecular flexibility index (Phi) is 8.84. The van der Waals surface area contributed by atoms with Gasteiger partial charge in [0, 0.05) is 31.3 Å². The molecule has 6 N–H and O–H groups in total. The van der Waals surface area contributed by atoms with Gasteiger partial charge >= 0.3 is 0 Å². The van der Waals surface area contributed by atoms with Gasteiger partial charge in [0.2, 0.25) is 23.3 Å². The van der Waals surface area contributed by atoms with Gasteiger partial charge in [0.25, 0.3) is 17.7 Å². The molecule has 0 spiro atoms. The van der Waals surface area contributed by atoms with Crippen molar-refractivity contribution in [2.75, 3.05) is 14.1 Å². The number of phenols is 1. The number of hydrogen-bond acceptors (Lipinski definition) is 8. The topological polar surface area (TPSA) is 174 Å². The number of aromatic hydroxyl groups is 1. The number of nitrogens with one attached hydrogen (secondary N) is 1. The molecule has 0 atom stereocenters. The summed E-state index contributed by atoms with van der Waals surface area (Å²) in [4.78, 5) is 28.7. The second-order valence-corrected chi connectivity index (χ2v) is 9.12. The number of benzene rings is 3. The highest BCUT2D eigenvalue weighted by Crippen LogP contribution is 2.41. The Hall–Kier alpha value is -5.98. The summed E-state index contributed by atoms with van der Waals surface area (Å²) in [5, 5.41) is 17.9. The minimum atomic E-state index is -1.40. The highest BCUT2D eigenvalue weighted by atomic mass is 19.1. The fourth-order valence-electron chi connectivity index (χ4n) is 3.61. The molecule has 1 aromatic heterocycles. The molecular formula is C30H25F2N5O6. The lowest BCUT2D eigenvalue weighted by Crippen LogP contribution is -2.21. The monoisotopic (exact) mass is 589 g/mol. The summed E-state index contributed by atoms with van der Waals surface area (Å²) in [5.74, 6) is -7.62. The number of aromatic nitrogens is 1. The first kappa shape index (κ1) is 30.0. The minimum Gasteiger partial charge on any atom is -0.504 e. The second-order valence-electron chi connectivity index (χ2n) is 9.12. The molecule has 1 heterocycles. The number of phenolic OH excluding ortho intramolecular Hbond substituents is 1. The van der Waals surface area contributed by atoms with Crippen molar-refractivity contribution in [3.8, 4) is 40.5 Å². The number of hydrogen-bond donors (Lipinski definition) is 4. The number of primary amides is 1. The molecule has 43 heavy (non-hydrogen) atoms. The predicted molar refractivity (Wildman–Crippen MR) is 153 cm³/mol. The molecule has 0 saturated heterocycles. The Morgan fingerprint density at radius 3 is 2.19 bits per heavy atom. The summed E-state index contributed by atoms with van der Waals surface area (Å²) in [6.07, 6.45) is 2.48. The number of pyridine rings is 1. The smallest absolute Gasteiger partial charge is 0.263 e. The molecule has 0 aliphatic rings. The van der Waals surface area contributed by atoms with E-state index >= 15 is 8.78 Å². The quantitative estimate of drug-likeness (QED) is 0.114. The summed E-state index contributed by atoms with van der Waals surface area (Å²) in [6.45, 7) is 0. The van der Waals surface area contributed by atoms with E-state index in [9.17, 15) is 14.7 Å². The van der Waals surface area contributed by atoms with E-state index in [2.05, 4.69) is 4.98 Å². The molecule has 220 valence electrons. The molecule has 0 bridgehead atoms. The van der Waals surface area contributed by atoms with Crippen LogP contribution in [0.3, 0.4) is 0 Å². The molecule has 0 fully saturated rings. The summed E-state index contributed by atoms with van der Waals surface area (Å²) < 4.78 is 48.2. The number of carbonyl (C=O) groups excluding carboxylic acids is 2. The lowest BCUT2D eigenvalue weighted by Gasteiger charge is -2.16. The number of carbonyl (C=O) groups is 2. The van der Waals surface area contributed by atoms with E-state index in [-0.39, 0.29) is 40.1 Å². The molecule has 4 aromatic rings. The van der Waals surface area contributed by atoms with E-state index in [0.717, 1.165) is 12.1 Å². The van der Waals surface area contributed by atoms with Crippen LogP contribution >= 0.6 is 0 Å². The maximum Gasteiger partial charge on any atom is 0.263 e. The highest BCUT2D eigenvalue weighted by Gasteiger charge is 2.27. The van der Waals surface area contributed by atoms with Gasteiger partial charge in [-0.25, -0.2) is 0 Å². The van der Waals surface area contributed by atoms with Gasteiger partial charge in [0.05, 0.1) is 0 Å². The van der Waals surface area contributed by atoms with Crippen LogP contribution in [0, 0.1) is 17.0 Å². The number of rotatable bonds is 10. The summed E-state index contributed by atoms with van der Waals surface area (Å²) in [7, 11) is 3.11. The fourth-order valence-corrected chi connectivity index (χ4v) is 3.61. The standard InChI is InChI=1S/C30H25F2N5O6/c1-37(2)30(40)18-6-4-8-20(14-18)42-28-24(31)26(41-19-7-3-5-16(13-19)9-12-23(33)39)25(32)29(36-28)43-22-15-17(27(34)35)10-11-21(22)38/h3-15,38H,1-2H3,(H2,33,39)(H3,34,35)/b12-9+. The van der Waals surface area contributed by atoms with E-state index < -0.39 is 40.8 Å². The molecule has 4 rings (SSSR count). The molecule has 11 nitrogen and oxygen atoms in total. The number of amidine groups is 1. The average Bonchev–Trinajstić information content (AvgIpc) is 2.97. The lowest BCUT2D eigenvalue weighted by molar-refractivity contribution is -0.113. The summed E-state index contributed by atoms with van der Waals surface area (Å²) in [5.41, 5.74) is 11.4. The van der Waals surface area contributed by atoms with E-state index in [4.69, 9.17) is 31.1 Å². The van der Waals surface area contributed by atoms with Crippen molar-refractivity contribution in [1.82, 2.24) is 9.88 Å². The third-order valence-electron chi connectivity index (χ3n) is 5.67. The van der Waals surface area contributed by atoms with E-state index in [1.807, 2.05) is 0 Å². The maximum atomic E-state index is 15.8. The van der Waals surface area contributed by atoms with Crippen molar-refractivity contribution >= 4 is 23.7 Å². The van der Waals surface area contributed by atoms with Crippen LogP contribution in [0.1, 0.15) is 21.5 Å². The van der Waals surface area contributed by atoms with Crippen LogP contribution in [-0.4, -0.2) is 46.7 Å². The highest BCUT2D eigenvalue weighted by molar-refractivity contribution is 5.95. The van der Waals surface area contributed by atoms with Crippen LogP contribution in [0.15, 0.2) is 72.8 Å². The third-order valence-corrected chi connectivity index (χ3v) is 5.67. The Balaban J connectivity index is 1.81. The molecular weight excluding hydrogens is 564 g/mol. The Bertz CT molecular complexity index is 1760. The Labute approximate surface area is 244 Å². The predicted octanol–water partition coefficient (Wildman–Crippen LogP) is 4.93. The fraction of sp³-hybridized carbons (Fsp3) is 0.0667. The first-order valence-corrected chi connectivity index (χ1v) is 12.4. The van der Waals surface area contributed by atoms with Crippen molar-refractivity contribution in [2.24, 2.45) is 11.5 Å². The maximum absolute atomic E-state index is 15.8. The molecule has 0 radical (unpaired) electrons. The zero-order chi connectivity index (χ0) is 31.3. The third kappa shape index (κ3) is 7.21. The average molecular weight is 590 g/mol. The summed E-state index contributed by atoms with van der Waals surface area (Å²) in [6, 6.07) is 15.4. The van der Waals surface area contributed by atoms with Crippen LogP contribution in [0.4, 0.5) is 8.78 Å². The van der Waals surface area contributed by atoms with Crippen LogP contribution in [0.25, 0.3) is 6.08 Å². The van der Waals surface area contributed by atoms with Crippen molar-refractivity contribution < 1.29 is 37.7 Å². The zero-order valence-electron chi connectivity index (χ0n) is 22.8. The van der Waals surface area contributed by atoms with Crippen molar-refractivity contribution in [3.63, 3.8) is 0 Å². The molecule has 3 aromatic carbocycles. The van der Waals surface area contributed by atoms with Gasteiger partial charge < -0.3 is 35.7 Å². The van der Waals surface area contributed by atoms with Gasteiger partial charge in [-0.1, -0.05) is 18.2 Å². The van der Waals surface area contributed by atoms with E-state index in [1.54, 1.807) is 20.2 Å². The van der Waals surface area contributed by atoms with Crippen LogP contribution in [0.2, 0.25) is 0 Å². The van der Waals surface area contributed by atoms with Gasteiger partial charge in [-0.2, -0.15) is 13.8 Å². The van der Waals surface area contributed by atoms with Gasteiger partial charge in [-0.15, -0.1) is 0 Å². The second kappa shape index (κ2) is 12.7. The molecule has 0 aliphatic heterocycles. The van der Waals surface area contributed by atoms with Gasteiger partial charge in [-0.05, 0) is 60.2 Å². The zero-order valence-corrected chi connectivity index (χ0v) is 22.8. The first-order chi connectivity index (χ1) is 20.4. The van der Waals surface area contributed by atoms with Crippen molar-refractivity contribution in [1.29, 1.82) is 5.41 Å². The number of nitrogen functional groups attached to an aromatic ring is 1. The van der Waals surface area contributed by atoms with Gasteiger partial charge in [0.15, 0.2) is 11.5 Å². The molecule has 13 heteroatoms. The number of amides is 2. The number of nitrogens with zero attached hydrogens (tertiary/aromatic N) is 2. The van der Waals surface area contributed by atoms with Crippen LogP contribution < -0.4 is 25.7 Å². The van der Waals surface area contributed by atoms with Gasteiger partial charge in [-0.3, -0.25) is 15.0 Å². The number of ether oxygens (including phenoxy) is 3. The van der Waals surface area contributed by atoms with E-state index in [0.29, 0.717) is 5.56 Å². The minimum absolute atomic E-state index is 0.0115. The molecule has 2 amide bonds. The van der Waals surface area contributed by atoms with Crippen molar-refractivity contribution in [2.45, 2.75) is 0 Å². The molecule has 0 aliphatic carbocycles. The summed E-state index contributed by atoms with van der Waals surface area (Å²) >= 11 is 0. The van der Waals surface area contributed by atoms with Gasteiger partial charge in [0.1, 0.15) is 17.3 Å². The van der Waals surface area contributed by atoms with Crippen molar-refractivity contribution in [3.05, 3.63) is 101 Å². The molecule has 0 saturated carbocycles. The Morgan fingerprint density at radius 1 is 0.884 bits per heavy atom. The Morgan fingerprint density at radius 2 is 1.53 bits per heavy atom. The first-order valence-electron chi connectivity index (χ1n) is 12.4. The van der Waals surface area contributed by atoms with Crippen LogP contribution in [0.5, 0.6) is 40.5 Å². The number of halogens is 2. The van der Waals surface area contributed by atoms with E-state index in [1.165, 1.54) is 65.6 Å². The normalized spacial score (nSPS) is 10.8. The largest absolute Gasteiger partial charge is 0.504 e.